The molecule has 0 radical (unpaired) electrons. The van der Waals surface area contributed by atoms with Crippen molar-refractivity contribution in [1.82, 2.24) is 4.90 Å². The lowest BCUT2D eigenvalue weighted by atomic mass is 10.0. The molecule has 1 aliphatic rings. The van der Waals surface area contributed by atoms with Gasteiger partial charge in [-0.1, -0.05) is 12.1 Å². The Balaban J connectivity index is 1.59. The third kappa shape index (κ3) is 3.15. The SMILES string of the molecule is OC(CCN1CCc2sccc2C1)c1cccc(F)c1F. The summed E-state index contributed by atoms with van der Waals surface area (Å²) in [6.45, 7) is 2.50. The summed E-state index contributed by atoms with van der Waals surface area (Å²) in [5.41, 5.74) is 1.39. The summed E-state index contributed by atoms with van der Waals surface area (Å²) in [6.07, 6.45) is 0.460. The average Bonchev–Trinajstić information content (AvgIpc) is 2.95. The molecule has 2 heterocycles. The molecule has 0 saturated heterocycles. The Morgan fingerprint density at radius 1 is 1.29 bits per heavy atom. The monoisotopic (exact) mass is 309 g/mol. The predicted molar refractivity (Wildman–Crippen MR) is 79.2 cm³/mol. The van der Waals surface area contributed by atoms with Crippen LogP contribution in [0.4, 0.5) is 8.78 Å². The van der Waals surface area contributed by atoms with E-state index in [-0.39, 0.29) is 5.56 Å². The smallest absolute Gasteiger partial charge is 0.164 e. The molecule has 112 valence electrons. The molecule has 1 unspecified atom stereocenters. The highest BCUT2D eigenvalue weighted by molar-refractivity contribution is 7.10. The second kappa shape index (κ2) is 6.22. The van der Waals surface area contributed by atoms with Gasteiger partial charge in [0.15, 0.2) is 11.6 Å². The molecule has 0 bridgehead atoms. The highest BCUT2D eigenvalue weighted by atomic mass is 32.1. The van der Waals surface area contributed by atoms with Crippen molar-refractivity contribution in [3.8, 4) is 0 Å². The van der Waals surface area contributed by atoms with Crippen LogP contribution >= 0.6 is 11.3 Å². The summed E-state index contributed by atoms with van der Waals surface area (Å²) >= 11 is 1.78. The minimum absolute atomic E-state index is 0.0447. The van der Waals surface area contributed by atoms with Crippen LogP contribution in [0.15, 0.2) is 29.6 Å². The molecule has 1 aromatic heterocycles. The first-order chi connectivity index (χ1) is 10.1. The van der Waals surface area contributed by atoms with Crippen LogP contribution in [0.2, 0.25) is 0 Å². The minimum atomic E-state index is -0.968. The zero-order valence-corrected chi connectivity index (χ0v) is 12.4. The van der Waals surface area contributed by atoms with Gasteiger partial charge < -0.3 is 5.11 Å². The Kier molecular flexibility index (Phi) is 4.33. The third-order valence-electron chi connectivity index (χ3n) is 3.95. The molecule has 1 aromatic carbocycles. The van der Waals surface area contributed by atoms with E-state index in [9.17, 15) is 13.9 Å². The van der Waals surface area contributed by atoms with Crippen molar-refractivity contribution in [2.24, 2.45) is 0 Å². The molecule has 5 heteroatoms. The number of aliphatic hydroxyl groups is 1. The molecule has 0 aliphatic carbocycles. The molecular weight excluding hydrogens is 292 g/mol. The molecule has 0 spiro atoms. The lowest BCUT2D eigenvalue weighted by Crippen LogP contribution is -2.31. The van der Waals surface area contributed by atoms with Crippen molar-refractivity contribution in [2.75, 3.05) is 13.1 Å². The molecule has 0 fully saturated rings. The van der Waals surface area contributed by atoms with Crippen molar-refractivity contribution in [3.05, 3.63) is 57.3 Å². The zero-order valence-electron chi connectivity index (χ0n) is 11.6. The van der Waals surface area contributed by atoms with E-state index in [4.69, 9.17) is 0 Å². The first-order valence-corrected chi connectivity index (χ1v) is 7.92. The van der Waals surface area contributed by atoms with Crippen LogP contribution in [0.25, 0.3) is 0 Å². The van der Waals surface area contributed by atoms with Gasteiger partial charge in [-0.3, -0.25) is 4.90 Å². The lowest BCUT2D eigenvalue weighted by molar-refractivity contribution is 0.133. The summed E-state index contributed by atoms with van der Waals surface area (Å²) in [5.74, 6) is -1.85. The minimum Gasteiger partial charge on any atom is -0.388 e. The number of aliphatic hydroxyl groups excluding tert-OH is 1. The van der Waals surface area contributed by atoms with E-state index in [0.717, 1.165) is 25.6 Å². The van der Waals surface area contributed by atoms with Crippen molar-refractivity contribution in [3.63, 3.8) is 0 Å². The molecular formula is C16H17F2NOS. The Labute approximate surface area is 126 Å². The molecule has 21 heavy (non-hydrogen) atoms. The van der Waals surface area contributed by atoms with Gasteiger partial charge in [-0.2, -0.15) is 0 Å². The average molecular weight is 309 g/mol. The van der Waals surface area contributed by atoms with Crippen molar-refractivity contribution in [1.29, 1.82) is 0 Å². The van der Waals surface area contributed by atoms with E-state index in [1.54, 1.807) is 11.3 Å². The fourth-order valence-corrected chi connectivity index (χ4v) is 3.63. The first kappa shape index (κ1) is 14.6. The van der Waals surface area contributed by atoms with Crippen LogP contribution in [0.3, 0.4) is 0 Å². The van der Waals surface area contributed by atoms with Gasteiger partial charge in [-0.05, 0) is 35.9 Å². The second-order valence-electron chi connectivity index (χ2n) is 5.34. The summed E-state index contributed by atoms with van der Waals surface area (Å²) in [7, 11) is 0. The van der Waals surface area contributed by atoms with Gasteiger partial charge >= 0.3 is 0 Å². The fraction of sp³-hybridized carbons (Fsp3) is 0.375. The summed E-state index contributed by atoms with van der Waals surface area (Å²) in [6, 6.07) is 6.06. The summed E-state index contributed by atoms with van der Waals surface area (Å²) in [4.78, 5) is 3.68. The van der Waals surface area contributed by atoms with E-state index in [1.807, 2.05) is 0 Å². The second-order valence-corrected chi connectivity index (χ2v) is 6.34. The maximum Gasteiger partial charge on any atom is 0.164 e. The summed E-state index contributed by atoms with van der Waals surface area (Å²) in [5, 5.41) is 12.2. The molecule has 0 saturated carbocycles. The van der Waals surface area contributed by atoms with Crippen molar-refractivity contribution >= 4 is 11.3 Å². The zero-order chi connectivity index (χ0) is 14.8. The topological polar surface area (TPSA) is 23.5 Å². The van der Waals surface area contributed by atoms with Gasteiger partial charge in [-0.15, -0.1) is 11.3 Å². The maximum absolute atomic E-state index is 13.6. The van der Waals surface area contributed by atoms with Gasteiger partial charge in [0.1, 0.15) is 0 Å². The Morgan fingerprint density at radius 3 is 3.00 bits per heavy atom. The Bertz CT molecular complexity index is 628. The maximum atomic E-state index is 13.6. The number of hydrogen-bond donors (Lipinski definition) is 1. The predicted octanol–water partition coefficient (Wildman–Crippen LogP) is 3.51. The summed E-state index contributed by atoms with van der Waals surface area (Å²) < 4.78 is 26.8. The largest absolute Gasteiger partial charge is 0.388 e. The Hall–Kier alpha value is -1.30. The molecule has 0 amide bonds. The number of thiophene rings is 1. The molecule has 2 nitrogen and oxygen atoms in total. The molecule has 1 N–H and O–H groups in total. The number of benzene rings is 1. The van der Waals surface area contributed by atoms with Gasteiger partial charge in [0.2, 0.25) is 0 Å². The number of nitrogens with zero attached hydrogens (tertiary/aromatic N) is 1. The van der Waals surface area contributed by atoms with Gasteiger partial charge in [0.05, 0.1) is 6.10 Å². The normalized spacial score (nSPS) is 16.7. The number of fused-ring (bicyclic) bond motifs is 1. The standard InChI is InChI=1S/C16H17F2NOS/c17-13-3-1-2-12(16(13)18)14(20)4-7-19-8-5-15-11(10-19)6-9-21-15/h1-3,6,9,14,20H,4-5,7-8,10H2. The van der Waals surface area contributed by atoms with Crippen LogP contribution in [-0.4, -0.2) is 23.1 Å². The Morgan fingerprint density at radius 2 is 2.14 bits per heavy atom. The van der Waals surface area contributed by atoms with Crippen molar-refractivity contribution < 1.29 is 13.9 Å². The lowest BCUT2D eigenvalue weighted by Gasteiger charge is -2.27. The third-order valence-corrected chi connectivity index (χ3v) is 4.97. The van der Waals surface area contributed by atoms with Crippen LogP contribution < -0.4 is 0 Å². The number of rotatable bonds is 4. The van der Waals surface area contributed by atoms with Crippen LogP contribution in [-0.2, 0) is 13.0 Å². The van der Waals surface area contributed by atoms with E-state index >= 15 is 0 Å². The van der Waals surface area contributed by atoms with Gasteiger partial charge in [-0.25, -0.2) is 8.78 Å². The number of halogens is 2. The van der Waals surface area contributed by atoms with Crippen molar-refractivity contribution in [2.45, 2.75) is 25.5 Å². The fourth-order valence-electron chi connectivity index (χ4n) is 2.74. The van der Waals surface area contributed by atoms with E-state index < -0.39 is 17.7 Å². The van der Waals surface area contributed by atoms with Crippen LogP contribution in [0.5, 0.6) is 0 Å². The van der Waals surface area contributed by atoms with E-state index in [0.29, 0.717) is 13.0 Å². The van der Waals surface area contributed by atoms with Gasteiger partial charge in [0, 0.05) is 30.1 Å². The van der Waals surface area contributed by atoms with E-state index in [1.165, 1.54) is 22.6 Å². The highest BCUT2D eigenvalue weighted by Crippen LogP contribution is 2.26. The van der Waals surface area contributed by atoms with Gasteiger partial charge in [0.25, 0.3) is 0 Å². The quantitative estimate of drug-likeness (QED) is 0.934. The number of hydrogen-bond acceptors (Lipinski definition) is 3. The highest BCUT2D eigenvalue weighted by Gasteiger charge is 2.20. The first-order valence-electron chi connectivity index (χ1n) is 7.04. The molecule has 3 rings (SSSR count). The van der Waals surface area contributed by atoms with Crippen LogP contribution in [0, 0.1) is 11.6 Å². The van der Waals surface area contributed by atoms with E-state index in [2.05, 4.69) is 16.3 Å². The van der Waals surface area contributed by atoms with Crippen LogP contribution in [0.1, 0.15) is 28.5 Å². The molecule has 1 atom stereocenters. The molecule has 1 aliphatic heterocycles. The molecule has 2 aromatic rings.